The number of aromatic nitrogens is 5. The van der Waals surface area contributed by atoms with Crippen LogP contribution in [0.3, 0.4) is 0 Å². The van der Waals surface area contributed by atoms with Crippen molar-refractivity contribution in [2.45, 2.75) is 18.8 Å². The van der Waals surface area contributed by atoms with Gasteiger partial charge in [0.25, 0.3) is 5.91 Å². The van der Waals surface area contributed by atoms with Crippen molar-refractivity contribution in [3.63, 3.8) is 0 Å². The summed E-state index contributed by atoms with van der Waals surface area (Å²) in [6, 6.07) is 8.18. The molecule has 7 nitrogen and oxygen atoms in total. The number of amides is 1. The number of likely N-dealkylation sites (tertiary alicyclic amines) is 1. The van der Waals surface area contributed by atoms with Gasteiger partial charge in [-0.2, -0.15) is 5.10 Å². The summed E-state index contributed by atoms with van der Waals surface area (Å²) in [6.45, 7) is 1.43. The van der Waals surface area contributed by atoms with Crippen molar-refractivity contribution in [2.24, 2.45) is 7.05 Å². The van der Waals surface area contributed by atoms with Gasteiger partial charge >= 0.3 is 0 Å². The zero-order chi connectivity index (χ0) is 15.8. The highest BCUT2D eigenvalue weighted by molar-refractivity contribution is 5.90. The molecule has 0 saturated carbocycles. The third-order valence-electron chi connectivity index (χ3n) is 4.59. The van der Waals surface area contributed by atoms with Crippen LogP contribution in [0.4, 0.5) is 0 Å². The fourth-order valence-corrected chi connectivity index (χ4v) is 3.33. The lowest BCUT2D eigenvalue weighted by Gasteiger charge is -2.31. The maximum absolute atomic E-state index is 12.3. The Balaban J connectivity index is 1.51. The first kappa shape index (κ1) is 13.9. The van der Waals surface area contributed by atoms with Crippen LogP contribution < -0.4 is 0 Å². The van der Waals surface area contributed by atoms with Crippen molar-refractivity contribution in [2.75, 3.05) is 13.1 Å². The number of carbonyl (C=O) groups is 1. The lowest BCUT2D eigenvalue weighted by Crippen LogP contribution is -2.38. The van der Waals surface area contributed by atoms with E-state index in [0.717, 1.165) is 29.7 Å². The molecule has 2 aromatic heterocycles. The summed E-state index contributed by atoms with van der Waals surface area (Å²) in [5, 5.41) is 6.37. The first-order valence-electron chi connectivity index (χ1n) is 7.80. The Morgan fingerprint density at radius 2 is 2.04 bits per heavy atom. The first-order chi connectivity index (χ1) is 11.2. The number of carbonyl (C=O) groups excluding carboxylic acids is 1. The highest BCUT2D eigenvalue weighted by atomic mass is 16.2. The maximum atomic E-state index is 12.3. The van der Waals surface area contributed by atoms with Crippen LogP contribution in [0.1, 0.15) is 35.2 Å². The van der Waals surface area contributed by atoms with Crippen LogP contribution in [-0.4, -0.2) is 48.6 Å². The van der Waals surface area contributed by atoms with Gasteiger partial charge in [0.15, 0.2) is 0 Å². The van der Waals surface area contributed by atoms with Gasteiger partial charge in [-0.25, -0.2) is 9.97 Å². The topological polar surface area (TPSA) is 79.7 Å². The molecule has 0 atom stereocenters. The summed E-state index contributed by atoms with van der Waals surface area (Å²) in [4.78, 5) is 22.8. The van der Waals surface area contributed by atoms with Crippen molar-refractivity contribution in [1.82, 2.24) is 29.6 Å². The molecule has 0 radical (unpaired) electrons. The van der Waals surface area contributed by atoms with Gasteiger partial charge in [-0.1, -0.05) is 12.1 Å². The summed E-state index contributed by atoms with van der Waals surface area (Å²) in [6.07, 6.45) is 3.19. The molecule has 118 valence electrons. The number of aromatic amines is 1. The summed E-state index contributed by atoms with van der Waals surface area (Å²) in [5.74, 6) is 1.72. The number of hydrogen-bond acceptors (Lipinski definition) is 4. The van der Waals surface area contributed by atoms with Crippen LogP contribution in [0.25, 0.3) is 11.0 Å². The molecule has 1 fully saturated rings. The van der Waals surface area contributed by atoms with Crippen LogP contribution in [0.5, 0.6) is 0 Å². The van der Waals surface area contributed by atoms with E-state index in [9.17, 15) is 4.79 Å². The second kappa shape index (κ2) is 5.49. The lowest BCUT2D eigenvalue weighted by atomic mass is 9.96. The Bertz CT molecular complexity index is 830. The van der Waals surface area contributed by atoms with E-state index in [1.165, 1.54) is 6.33 Å². The minimum absolute atomic E-state index is 0.0778. The van der Waals surface area contributed by atoms with Crippen molar-refractivity contribution in [1.29, 1.82) is 0 Å². The number of H-pyrrole nitrogens is 1. The Labute approximate surface area is 133 Å². The molecular formula is C16H18N6O. The molecule has 3 aromatic rings. The second-order valence-corrected chi connectivity index (χ2v) is 5.92. The van der Waals surface area contributed by atoms with E-state index in [1.54, 1.807) is 0 Å². The third kappa shape index (κ3) is 2.38. The van der Waals surface area contributed by atoms with E-state index in [-0.39, 0.29) is 5.91 Å². The number of piperidine rings is 1. The van der Waals surface area contributed by atoms with Crippen LogP contribution in [0, 0.1) is 0 Å². The highest BCUT2D eigenvalue weighted by Gasteiger charge is 2.28. The summed E-state index contributed by atoms with van der Waals surface area (Å²) in [7, 11) is 2.07. The minimum Gasteiger partial charge on any atom is -0.336 e. The zero-order valence-electron chi connectivity index (χ0n) is 12.9. The van der Waals surface area contributed by atoms with Gasteiger partial charge in [0.2, 0.25) is 5.82 Å². The number of imidazole rings is 1. The van der Waals surface area contributed by atoms with Gasteiger partial charge in [0.1, 0.15) is 12.2 Å². The van der Waals surface area contributed by atoms with Crippen LogP contribution in [0.2, 0.25) is 0 Å². The summed E-state index contributed by atoms with van der Waals surface area (Å²) < 4.78 is 2.17. The molecule has 0 aliphatic carbocycles. The minimum atomic E-state index is -0.0778. The predicted molar refractivity (Wildman–Crippen MR) is 85.0 cm³/mol. The molecule has 1 amide bonds. The number of fused-ring (bicyclic) bond motifs is 1. The monoisotopic (exact) mass is 310 g/mol. The van der Waals surface area contributed by atoms with Gasteiger partial charge < -0.3 is 9.47 Å². The Hall–Kier alpha value is -2.70. The van der Waals surface area contributed by atoms with Gasteiger partial charge in [0, 0.05) is 26.1 Å². The predicted octanol–water partition coefficient (Wildman–Crippen LogP) is 1.71. The Morgan fingerprint density at radius 3 is 2.74 bits per heavy atom. The quantitative estimate of drug-likeness (QED) is 0.781. The Kier molecular flexibility index (Phi) is 3.33. The first-order valence-corrected chi connectivity index (χ1v) is 7.80. The average Bonchev–Trinajstić information content (AvgIpc) is 3.23. The SMILES string of the molecule is Cn1c(C2CCN(C(=O)c3ncn[nH]3)CC2)nc2ccccc21. The molecule has 0 bridgehead atoms. The van der Waals surface area contributed by atoms with Crippen molar-refractivity contribution >= 4 is 16.9 Å². The zero-order valence-corrected chi connectivity index (χ0v) is 12.9. The van der Waals surface area contributed by atoms with Crippen LogP contribution in [0.15, 0.2) is 30.6 Å². The molecule has 0 spiro atoms. The van der Waals surface area contributed by atoms with E-state index >= 15 is 0 Å². The third-order valence-corrected chi connectivity index (χ3v) is 4.59. The molecule has 7 heteroatoms. The van der Waals surface area contributed by atoms with E-state index in [4.69, 9.17) is 4.98 Å². The van der Waals surface area contributed by atoms with Gasteiger partial charge in [-0.05, 0) is 25.0 Å². The van der Waals surface area contributed by atoms with E-state index in [2.05, 4.69) is 32.9 Å². The largest absolute Gasteiger partial charge is 0.336 e. The molecule has 1 aliphatic rings. The summed E-state index contributed by atoms with van der Waals surface area (Å²) >= 11 is 0. The van der Waals surface area contributed by atoms with Crippen LogP contribution >= 0.6 is 0 Å². The fourth-order valence-electron chi connectivity index (χ4n) is 3.33. The number of nitrogens with one attached hydrogen (secondary N) is 1. The molecular weight excluding hydrogens is 292 g/mol. The molecule has 1 saturated heterocycles. The highest BCUT2D eigenvalue weighted by Crippen LogP contribution is 2.29. The normalized spacial score (nSPS) is 16.1. The smallest absolute Gasteiger partial charge is 0.291 e. The summed E-state index contributed by atoms with van der Waals surface area (Å²) in [5.41, 5.74) is 2.19. The number of hydrogen-bond donors (Lipinski definition) is 1. The van der Waals surface area contributed by atoms with E-state index in [1.807, 2.05) is 23.1 Å². The molecule has 1 N–H and O–H groups in total. The average molecular weight is 310 g/mol. The van der Waals surface area contributed by atoms with Gasteiger partial charge in [0.05, 0.1) is 11.0 Å². The number of nitrogens with zero attached hydrogens (tertiary/aromatic N) is 5. The Morgan fingerprint density at radius 1 is 1.26 bits per heavy atom. The lowest BCUT2D eigenvalue weighted by molar-refractivity contribution is 0.0698. The molecule has 4 rings (SSSR count). The van der Waals surface area contributed by atoms with Crippen molar-refractivity contribution in [3.05, 3.63) is 42.2 Å². The van der Waals surface area contributed by atoms with Gasteiger partial charge in [-0.15, -0.1) is 0 Å². The molecule has 23 heavy (non-hydrogen) atoms. The number of aryl methyl sites for hydroxylation is 1. The van der Waals surface area contributed by atoms with E-state index in [0.29, 0.717) is 24.8 Å². The molecule has 0 unspecified atom stereocenters. The van der Waals surface area contributed by atoms with Gasteiger partial charge in [-0.3, -0.25) is 9.89 Å². The number of para-hydroxylation sites is 2. The van der Waals surface area contributed by atoms with Crippen molar-refractivity contribution in [3.8, 4) is 0 Å². The van der Waals surface area contributed by atoms with E-state index < -0.39 is 0 Å². The number of benzene rings is 1. The molecule has 3 heterocycles. The number of rotatable bonds is 2. The van der Waals surface area contributed by atoms with Crippen LogP contribution in [-0.2, 0) is 7.05 Å². The molecule has 1 aromatic carbocycles. The standard InChI is InChI=1S/C16H18N6O/c1-21-13-5-3-2-4-12(13)19-15(21)11-6-8-22(9-7-11)16(23)14-17-10-18-20-14/h2-5,10-11H,6-9H2,1H3,(H,17,18,20). The maximum Gasteiger partial charge on any atom is 0.291 e. The van der Waals surface area contributed by atoms with Crippen molar-refractivity contribution < 1.29 is 4.79 Å². The fraction of sp³-hybridized carbons (Fsp3) is 0.375. The second-order valence-electron chi connectivity index (χ2n) is 5.92. The molecule has 1 aliphatic heterocycles.